The van der Waals surface area contributed by atoms with Crippen molar-refractivity contribution in [1.29, 1.82) is 0 Å². The maximum atomic E-state index is 13.4. The number of hydrogen-bond donors (Lipinski definition) is 1. The van der Waals surface area contributed by atoms with Crippen molar-refractivity contribution < 1.29 is 19.4 Å². The lowest BCUT2D eigenvalue weighted by Gasteiger charge is -2.14. The lowest BCUT2D eigenvalue weighted by atomic mass is 10.0. The minimum Gasteiger partial charge on any atom is -0.506 e. The number of carbonyl (C=O) groups excluding carboxylic acids is 2. The molecule has 7 heteroatoms. The monoisotopic (exact) mass is 501 g/mol. The summed E-state index contributed by atoms with van der Waals surface area (Å²) in [6.07, 6.45) is -0.148. The Kier molecular flexibility index (Phi) is 6.16. The quantitative estimate of drug-likeness (QED) is 0.236. The molecule has 35 heavy (non-hydrogen) atoms. The highest BCUT2D eigenvalue weighted by Gasteiger charge is 2.40. The molecule has 5 rings (SSSR count). The number of ether oxygens (including phenoxy) is 1. The number of hydrogen-bond acceptors (Lipinski definition) is 5. The molecule has 0 aliphatic carbocycles. The van der Waals surface area contributed by atoms with Gasteiger partial charge in [-0.05, 0) is 60.5 Å². The van der Waals surface area contributed by atoms with Gasteiger partial charge in [0.25, 0.3) is 5.91 Å². The fourth-order valence-electron chi connectivity index (χ4n) is 4.00. The van der Waals surface area contributed by atoms with Gasteiger partial charge in [-0.25, -0.2) is 9.69 Å². The van der Waals surface area contributed by atoms with Crippen molar-refractivity contribution in [2.24, 2.45) is 0 Å². The van der Waals surface area contributed by atoms with Crippen LogP contribution in [-0.2, 0) is 11.2 Å². The molecule has 1 aliphatic rings. The lowest BCUT2D eigenvalue weighted by Crippen LogP contribution is -2.36. The molecule has 0 bridgehead atoms. The van der Waals surface area contributed by atoms with E-state index < -0.39 is 12.0 Å². The Bertz CT molecular complexity index is 1480. The Balaban J connectivity index is 1.51. The predicted molar refractivity (Wildman–Crippen MR) is 139 cm³/mol. The second-order valence-corrected chi connectivity index (χ2v) is 9.68. The normalized spacial score (nSPS) is 14.1. The number of benzene rings is 3. The van der Waals surface area contributed by atoms with Gasteiger partial charge in [-0.15, -0.1) is 11.3 Å². The van der Waals surface area contributed by atoms with E-state index in [-0.39, 0.29) is 11.3 Å². The van der Waals surface area contributed by atoms with E-state index in [4.69, 9.17) is 16.3 Å². The van der Waals surface area contributed by atoms with Crippen molar-refractivity contribution in [2.45, 2.75) is 13.3 Å². The first kappa shape index (κ1) is 22.9. The highest BCUT2D eigenvalue weighted by molar-refractivity contribution is 7.13. The summed E-state index contributed by atoms with van der Waals surface area (Å²) in [5, 5.41) is 11.6. The number of nitrogens with zero attached hydrogens (tertiary/aromatic N) is 1. The van der Waals surface area contributed by atoms with Crippen LogP contribution in [0.4, 0.5) is 10.5 Å². The first-order valence-corrected chi connectivity index (χ1v) is 12.1. The smallest absolute Gasteiger partial charge is 0.426 e. The number of thiophene rings is 1. The molecule has 5 nitrogen and oxygen atoms in total. The second kappa shape index (κ2) is 9.41. The van der Waals surface area contributed by atoms with Gasteiger partial charge >= 0.3 is 6.09 Å². The summed E-state index contributed by atoms with van der Waals surface area (Å²) < 4.78 is 5.40. The molecule has 0 fully saturated rings. The molecule has 0 radical (unpaired) electrons. The number of anilines is 1. The van der Waals surface area contributed by atoms with Gasteiger partial charge in [0.15, 0.2) is 0 Å². The number of amides is 2. The third-order valence-electron chi connectivity index (χ3n) is 5.77. The Labute approximate surface area is 211 Å². The van der Waals surface area contributed by atoms with Gasteiger partial charge in [-0.1, -0.05) is 54.1 Å². The van der Waals surface area contributed by atoms with Crippen LogP contribution in [0.5, 0.6) is 5.75 Å². The third kappa shape index (κ3) is 4.46. The SMILES string of the molecule is Cc1ccccc1Cc1ccc(/C(O)=C2\C(=O)N(C(=O)Oc3ccccc3)c3ccc(Cl)cc32)s1. The Morgan fingerprint density at radius 2 is 1.74 bits per heavy atom. The number of para-hydroxylation sites is 1. The largest absolute Gasteiger partial charge is 0.506 e. The average molecular weight is 502 g/mol. The maximum absolute atomic E-state index is 13.4. The van der Waals surface area contributed by atoms with Crippen molar-refractivity contribution in [3.63, 3.8) is 0 Å². The average Bonchev–Trinajstić information content (AvgIpc) is 3.42. The zero-order chi connectivity index (χ0) is 24.5. The molecule has 4 aromatic rings. The molecule has 0 saturated heterocycles. The summed E-state index contributed by atoms with van der Waals surface area (Å²) in [4.78, 5) is 28.9. The van der Waals surface area contributed by atoms with Crippen LogP contribution in [-0.4, -0.2) is 17.1 Å². The summed E-state index contributed by atoms with van der Waals surface area (Å²) in [5.41, 5.74) is 3.07. The molecule has 0 atom stereocenters. The zero-order valence-electron chi connectivity index (χ0n) is 18.7. The molecule has 0 spiro atoms. The number of aliphatic hydroxyl groups excluding tert-OH is 1. The molecule has 2 amide bonds. The van der Waals surface area contributed by atoms with Gasteiger partial charge in [0, 0.05) is 21.9 Å². The molecular weight excluding hydrogens is 482 g/mol. The van der Waals surface area contributed by atoms with Crippen LogP contribution in [0.2, 0.25) is 5.02 Å². The number of imide groups is 1. The van der Waals surface area contributed by atoms with Crippen molar-refractivity contribution in [3.05, 3.63) is 116 Å². The standard InChI is InChI=1S/C28H20ClNO4S/c1-17-7-5-6-8-18(17)15-21-12-14-24(35-21)26(31)25-22-16-19(29)11-13-23(22)30(27(25)32)28(33)34-20-9-3-2-4-10-20/h2-14,16,31H,15H2,1H3/b26-25+. The number of fused-ring (bicyclic) bond motifs is 1. The Hall–Kier alpha value is -3.87. The molecule has 3 aromatic carbocycles. The van der Waals surface area contributed by atoms with Gasteiger partial charge in [-0.3, -0.25) is 4.79 Å². The number of carbonyl (C=O) groups is 2. The molecular formula is C28H20ClNO4S. The molecule has 1 N–H and O–H groups in total. The van der Waals surface area contributed by atoms with E-state index in [1.807, 2.05) is 18.2 Å². The first-order chi connectivity index (χ1) is 16.9. The predicted octanol–water partition coefficient (Wildman–Crippen LogP) is 7.27. The third-order valence-corrected chi connectivity index (χ3v) is 7.10. The number of aryl methyl sites for hydroxylation is 1. The van der Waals surface area contributed by atoms with E-state index in [9.17, 15) is 14.7 Å². The van der Waals surface area contributed by atoms with Crippen molar-refractivity contribution >= 4 is 52.0 Å². The van der Waals surface area contributed by atoms with Crippen LogP contribution in [0.25, 0.3) is 11.3 Å². The summed E-state index contributed by atoms with van der Waals surface area (Å²) in [7, 11) is 0. The van der Waals surface area contributed by atoms with E-state index in [0.29, 0.717) is 33.3 Å². The van der Waals surface area contributed by atoms with Gasteiger partial charge in [0.05, 0.1) is 16.1 Å². The number of halogens is 1. The second-order valence-electron chi connectivity index (χ2n) is 8.08. The summed E-state index contributed by atoms with van der Waals surface area (Å²) in [6, 6.07) is 25.1. The zero-order valence-corrected chi connectivity index (χ0v) is 20.3. The van der Waals surface area contributed by atoms with E-state index >= 15 is 0 Å². The van der Waals surface area contributed by atoms with Crippen LogP contribution >= 0.6 is 22.9 Å². The minimum atomic E-state index is -0.862. The van der Waals surface area contributed by atoms with Crippen LogP contribution in [0, 0.1) is 6.92 Å². The molecule has 0 unspecified atom stereocenters. The molecule has 2 heterocycles. The highest BCUT2D eigenvalue weighted by atomic mass is 35.5. The first-order valence-electron chi connectivity index (χ1n) is 10.9. The highest BCUT2D eigenvalue weighted by Crippen LogP contribution is 2.43. The van der Waals surface area contributed by atoms with Gasteiger partial charge < -0.3 is 9.84 Å². The van der Waals surface area contributed by atoms with Crippen molar-refractivity contribution in [2.75, 3.05) is 4.90 Å². The fourth-order valence-corrected chi connectivity index (χ4v) is 5.16. The van der Waals surface area contributed by atoms with Crippen LogP contribution in [0.1, 0.15) is 26.4 Å². The van der Waals surface area contributed by atoms with Gasteiger partial charge in [0.2, 0.25) is 0 Å². The number of aliphatic hydroxyl groups is 1. The molecule has 0 saturated carbocycles. The van der Waals surface area contributed by atoms with Crippen molar-refractivity contribution in [3.8, 4) is 5.75 Å². The summed E-state index contributed by atoms with van der Waals surface area (Å²) in [6.45, 7) is 2.06. The molecule has 1 aromatic heterocycles. The van der Waals surface area contributed by atoms with Crippen molar-refractivity contribution in [1.82, 2.24) is 0 Å². The molecule has 1 aliphatic heterocycles. The van der Waals surface area contributed by atoms with E-state index in [0.717, 1.165) is 9.78 Å². The topological polar surface area (TPSA) is 66.8 Å². The summed E-state index contributed by atoms with van der Waals surface area (Å²) in [5.74, 6) is -0.564. The summed E-state index contributed by atoms with van der Waals surface area (Å²) >= 11 is 7.60. The minimum absolute atomic E-state index is 0.0109. The Morgan fingerprint density at radius 1 is 1.00 bits per heavy atom. The van der Waals surface area contributed by atoms with Crippen LogP contribution < -0.4 is 9.64 Å². The molecule has 174 valence electrons. The maximum Gasteiger partial charge on any atom is 0.426 e. The fraction of sp³-hybridized carbons (Fsp3) is 0.0714. The van der Waals surface area contributed by atoms with Crippen LogP contribution in [0.3, 0.4) is 0 Å². The Morgan fingerprint density at radius 3 is 2.51 bits per heavy atom. The number of rotatable bonds is 4. The van der Waals surface area contributed by atoms with E-state index in [2.05, 4.69) is 19.1 Å². The van der Waals surface area contributed by atoms with E-state index in [1.165, 1.54) is 22.5 Å². The van der Waals surface area contributed by atoms with Gasteiger partial charge in [-0.2, -0.15) is 0 Å². The lowest BCUT2D eigenvalue weighted by molar-refractivity contribution is -0.112. The van der Waals surface area contributed by atoms with E-state index in [1.54, 1.807) is 54.6 Å². The van der Waals surface area contributed by atoms with Gasteiger partial charge in [0.1, 0.15) is 11.5 Å². The van der Waals surface area contributed by atoms with Crippen LogP contribution in [0.15, 0.2) is 84.9 Å².